The van der Waals surface area contributed by atoms with Crippen LogP contribution in [0.1, 0.15) is 59.3 Å². The number of hydrogen-bond donors (Lipinski definition) is 4. The Labute approximate surface area is 190 Å². The van der Waals surface area contributed by atoms with Crippen molar-refractivity contribution in [1.82, 2.24) is 26.2 Å². The number of dihydropyridines is 1. The molecule has 32 heavy (non-hydrogen) atoms. The predicted octanol–water partition coefficient (Wildman–Crippen LogP) is 2.47. The van der Waals surface area contributed by atoms with Crippen LogP contribution in [-0.4, -0.2) is 54.2 Å². The lowest BCUT2D eigenvalue weighted by molar-refractivity contribution is -0.161. The van der Waals surface area contributed by atoms with Gasteiger partial charge in [-0.25, -0.2) is 4.79 Å². The molecular weight excluding hydrogens is 406 g/mol. The highest BCUT2D eigenvalue weighted by Crippen LogP contribution is 2.26. The Balaban J connectivity index is 1.29. The highest BCUT2D eigenvalue weighted by Gasteiger charge is 2.31. The van der Waals surface area contributed by atoms with Crippen LogP contribution in [0.25, 0.3) is 0 Å². The average Bonchev–Trinajstić information content (AvgIpc) is 3.25. The molecule has 2 fully saturated rings. The van der Waals surface area contributed by atoms with Gasteiger partial charge < -0.3 is 25.6 Å². The van der Waals surface area contributed by atoms with Crippen molar-refractivity contribution in [2.45, 2.75) is 77.0 Å². The number of allylic oxidation sites excluding steroid dienone is 2. The highest BCUT2D eigenvalue weighted by molar-refractivity contribution is 5.76. The van der Waals surface area contributed by atoms with Gasteiger partial charge in [0.25, 0.3) is 0 Å². The first-order valence-corrected chi connectivity index (χ1v) is 12.0. The van der Waals surface area contributed by atoms with Crippen LogP contribution in [0.2, 0.25) is 0 Å². The number of nitrogens with one attached hydrogen (secondary N) is 4. The number of urea groups is 1. The zero-order valence-electron chi connectivity index (χ0n) is 19.5. The van der Waals surface area contributed by atoms with Gasteiger partial charge in [-0.3, -0.25) is 10.1 Å². The molecule has 0 aromatic rings. The summed E-state index contributed by atoms with van der Waals surface area (Å²) >= 11 is 0. The molecular formula is C24H37N5O3. The summed E-state index contributed by atoms with van der Waals surface area (Å²) in [5, 5.41) is 12.9. The van der Waals surface area contributed by atoms with Gasteiger partial charge in [-0.2, -0.15) is 0 Å². The van der Waals surface area contributed by atoms with E-state index in [4.69, 9.17) is 4.74 Å². The Hall–Kier alpha value is -2.64. The Kier molecular flexibility index (Phi) is 6.67. The topological polar surface area (TPSA) is 94.7 Å². The number of amides is 2. The molecule has 1 aliphatic carbocycles. The summed E-state index contributed by atoms with van der Waals surface area (Å²) in [5.41, 5.74) is 1.88. The second-order valence-electron chi connectivity index (χ2n) is 10.2. The van der Waals surface area contributed by atoms with Crippen molar-refractivity contribution in [3.8, 4) is 0 Å². The molecule has 8 heteroatoms. The van der Waals surface area contributed by atoms with Crippen LogP contribution in [0.4, 0.5) is 4.79 Å². The fourth-order valence-electron chi connectivity index (χ4n) is 4.81. The van der Waals surface area contributed by atoms with E-state index in [0.717, 1.165) is 51.0 Å². The molecule has 0 bridgehead atoms. The minimum absolute atomic E-state index is 0.00545. The molecule has 4 rings (SSSR count). The van der Waals surface area contributed by atoms with E-state index in [9.17, 15) is 9.59 Å². The van der Waals surface area contributed by atoms with Crippen LogP contribution < -0.4 is 21.3 Å². The van der Waals surface area contributed by atoms with Gasteiger partial charge in [0.15, 0.2) is 0 Å². The maximum Gasteiger partial charge on any atom is 0.320 e. The Morgan fingerprint density at radius 1 is 1.09 bits per heavy atom. The van der Waals surface area contributed by atoms with Crippen LogP contribution in [-0.2, 0) is 9.53 Å². The first kappa shape index (κ1) is 22.6. The van der Waals surface area contributed by atoms with Crippen LogP contribution in [0, 0.1) is 5.92 Å². The summed E-state index contributed by atoms with van der Waals surface area (Å²) in [7, 11) is 0. The van der Waals surface area contributed by atoms with E-state index in [2.05, 4.69) is 32.2 Å². The van der Waals surface area contributed by atoms with E-state index < -0.39 is 5.60 Å². The lowest BCUT2D eigenvalue weighted by Gasteiger charge is -2.39. The van der Waals surface area contributed by atoms with Gasteiger partial charge in [-0.05, 0) is 64.7 Å². The number of nitrogens with zero attached hydrogens (tertiary/aromatic N) is 1. The molecule has 2 amide bonds. The number of ether oxygens (including phenoxy) is 1. The molecule has 0 spiro atoms. The largest absolute Gasteiger partial charge is 0.460 e. The van der Waals surface area contributed by atoms with Crippen LogP contribution >= 0.6 is 0 Å². The summed E-state index contributed by atoms with van der Waals surface area (Å²) in [5.74, 6) is 0.601. The van der Waals surface area contributed by atoms with Crippen LogP contribution in [0.3, 0.4) is 0 Å². The van der Waals surface area contributed by atoms with E-state index in [-0.39, 0.29) is 30.0 Å². The molecule has 0 radical (unpaired) electrons. The lowest BCUT2D eigenvalue weighted by Crippen LogP contribution is -2.50. The molecule has 4 aliphatic rings. The minimum atomic E-state index is -0.438. The van der Waals surface area contributed by atoms with E-state index in [1.165, 1.54) is 18.5 Å². The Morgan fingerprint density at radius 2 is 1.81 bits per heavy atom. The average molecular weight is 444 g/mol. The van der Waals surface area contributed by atoms with Gasteiger partial charge in [-0.1, -0.05) is 12.8 Å². The van der Waals surface area contributed by atoms with Crippen molar-refractivity contribution in [3.05, 3.63) is 35.4 Å². The van der Waals surface area contributed by atoms with E-state index in [1.54, 1.807) is 0 Å². The quantitative estimate of drug-likeness (QED) is 0.499. The SMILES string of the molecule is CC(C)(C)OC(=O)C1CCN(C2=CC3NC(NC(=O)NC4CCCC4)=CC=C3NC2)CC1. The van der Waals surface area contributed by atoms with Crippen molar-refractivity contribution < 1.29 is 14.3 Å². The number of carbonyl (C=O) groups is 2. The van der Waals surface area contributed by atoms with Gasteiger partial charge in [-0.15, -0.1) is 0 Å². The van der Waals surface area contributed by atoms with Crippen molar-refractivity contribution in [2.24, 2.45) is 5.92 Å². The molecule has 1 unspecified atom stereocenters. The van der Waals surface area contributed by atoms with Crippen molar-refractivity contribution in [3.63, 3.8) is 0 Å². The highest BCUT2D eigenvalue weighted by atomic mass is 16.6. The number of fused-ring (bicyclic) bond motifs is 1. The van der Waals surface area contributed by atoms with Crippen molar-refractivity contribution in [2.75, 3.05) is 19.6 Å². The molecule has 176 valence electrons. The smallest absolute Gasteiger partial charge is 0.320 e. The number of piperidine rings is 1. The third-order valence-corrected chi connectivity index (χ3v) is 6.49. The van der Waals surface area contributed by atoms with Gasteiger partial charge >= 0.3 is 12.0 Å². The molecule has 3 heterocycles. The van der Waals surface area contributed by atoms with Gasteiger partial charge in [0, 0.05) is 30.5 Å². The zero-order chi connectivity index (χ0) is 22.7. The number of rotatable bonds is 4. The fraction of sp³-hybridized carbons (Fsp3) is 0.667. The number of hydrogen-bond acceptors (Lipinski definition) is 6. The summed E-state index contributed by atoms with van der Waals surface area (Å²) in [4.78, 5) is 27.0. The molecule has 0 aromatic heterocycles. The second-order valence-corrected chi connectivity index (χ2v) is 10.2. The Morgan fingerprint density at radius 3 is 2.50 bits per heavy atom. The van der Waals surface area contributed by atoms with E-state index >= 15 is 0 Å². The summed E-state index contributed by atoms with van der Waals surface area (Å²) in [6.07, 6.45) is 12.3. The minimum Gasteiger partial charge on any atom is -0.460 e. The second kappa shape index (κ2) is 9.46. The fourth-order valence-corrected chi connectivity index (χ4v) is 4.81. The zero-order valence-corrected chi connectivity index (χ0v) is 19.5. The first-order chi connectivity index (χ1) is 15.3. The normalized spacial score (nSPS) is 24.3. The maximum atomic E-state index is 12.4. The standard InChI is InChI=1S/C24H37N5O3/c1-24(2,3)32-22(30)16-10-12-29(13-11-16)18-14-20-19(25-15-18)8-9-21(27-20)28-23(31)26-17-6-4-5-7-17/h8-9,14,16-17,20,25,27H,4-7,10-13,15H2,1-3H3,(H2,26,28,31). The number of carbonyl (C=O) groups excluding carboxylic acids is 2. The van der Waals surface area contributed by atoms with E-state index in [0.29, 0.717) is 5.82 Å². The first-order valence-electron chi connectivity index (χ1n) is 12.0. The van der Waals surface area contributed by atoms with E-state index in [1.807, 2.05) is 32.9 Å². The van der Waals surface area contributed by atoms with Gasteiger partial charge in [0.05, 0.1) is 18.5 Å². The third-order valence-electron chi connectivity index (χ3n) is 6.49. The van der Waals surface area contributed by atoms with Crippen molar-refractivity contribution in [1.29, 1.82) is 0 Å². The molecule has 0 aromatic carbocycles. The summed E-state index contributed by atoms with van der Waals surface area (Å²) < 4.78 is 5.57. The number of esters is 1. The lowest BCUT2D eigenvalue weighted by atomic mass is 9.95. The van der Waals surface area contributed by atoms with Gasteiger partial charge in [0.2, 0.25) is 0 Å². The molecule has 3 aliphatic heterocycles. The molecule has 4 N–H and O–H groups in total. The summed E-state index contributed by atoms with van der Waals surface area (Å²) in [6.45, 7) is 8.19. The van der Waals surface area contributed by atoms with Crippen molar-refractivity contribution >= 4 is 12.0 Å². The van der Waals surface area contributed by atoms with Crippen LogP contribution in [0.15, 0.2) is 35.4 Å². The monoisotopic (exact) mass is 443 g/mol. The molecule has 1 atom stereocenters. The van der Waals surface area contributed by atoms with Crippen LogP contribution in [0.5, 0.6) is 0 Å². The molecule has 1 saturated heterocycles. The Bertz CT molecular complexity index is 812. The summed E-state index contributed by atoms with van der Waals surface area (Å²) in [6, 6.07) is 0.135. The third kappa shape index (κ3) is 5.78. The van der Waals surface area contributed by atoms with Gasteiger partial charge in [0.1, 0.15) is 11.4 Å². The maximum absolute atomic E-state index is 12.4. The molecule has 1 saturated carbocycles. The number of likely N-dealkylation sites (tertiary alicyclic amines) is 1. The molecule has 8 nitrogen and oxygen atoms in total. The predicted molar refractivity (Wildman–Crippen MR) is 123 cm³/mol.